The van der Waals surface area contributed by atoms with E-state index in [-0.39, 0.29) is 6.04 Å². The van der Waals surface area contributed by atoms with Crippen molar-refractivity contribution in [3.8, 4) is 0 Å². The molecule has 1 nitrogen and oxygen atoms in total. The highest BCUT2D eigenvalue weighted by Gasteiger charge is 2.30. The van der Waals surface area contributed by atoms with Crippen molar-refractivity contribution in [2.45, 2.75) is 57.8 Å². The van der Waals surface area contributed by atoms with E-state index < -0.39 is 18.6 Å². The molecule has 0 amide bonds. The van der Waals surface area contributed by atoms with Crippen molar-refractivity contribution in [1.82, 2.24) is 5.32 Å². The maximum absolute atomic E-state index is 12.4. The molecule has 1 aromatic carbocycles. The van der Waals surface area contributed by atoms with Crippen LogP contribution in [-0.2, 0) is 0 Å². The van der Waals surface area contributed by atoms with Gasteiger partial charge in [0, 0.05) is 12.1 Å². The van der Waals surface area contributed by atoms with Crippen LogP contribution in [0.3, 0.4) is 0 Å². The smallest absolute Gasteiger partial charge is 0.307 e. The van der Waals surface area contributed by atoms with Crippen LogP contribution in [0, 0.1) is 0 Å². The van der Waals surface area contributed by atoms with E-state index in [2.05, 4.69) is 12.2 Å². The second-order valence-corrected chi connectivity index (χ2v) is 4.99. The van der Waals surface area contributed by atoms with Gasteiger partial charge in [-0.25, -0.2) is 0 Å². The minimum Gasteiger partial charge on any atom is -0.307 e. The van der Waals surface area contributed by atoms with Gasteiger partial charge in [0.1, 0.15) is 0 Å². The highest BCUT2D eigenvalue weighted by molar-refractivity contribution is 5.18. The van der Waals surface area contributed by atoms with Gasteiger partial charge in [-0.15, -0.1) is 0 Å². The maximum Gasteiger partial charge on any atom is 0.390 e. The summed E-state index contributed by atoms with van der Waals surface area (Å²) in [6, 6.07) is 9.12. The van der Waals surface area contributed by atoms with Crippen LogP contribution in [0.1, 0.15) is 51.1 Å². The second kappa shape index (κ2) is 7.53. The Morgan fingerprint density at radius 1 is 1.16 bits per heavy atom. The van der Waals surface area contributed by atoms with Crippen LogP contribution in [0.2, 0.25) is 0 Å². The van der Waals surface area contributed by atoms with Gasteiger partial charge in [-0.1, -0.05) is 50.1 Å². The van der Waals surface area contributed by atoms with E-state index in [0.717, 1.165) is 24.8 Å². The average Bonchev–Trinajstić information content (AvgIpc) is 2.33. The summed E-state index contributed by atoms with van der Waals surface area (Å²) in [7, 11) is 0. The van der Waals surface area contributed by atoms with Crippen molar-refractivity contribution in [2.75, 3.05) is 0 Å². The number of rotatable bonds is 7. The molecule has 19 heavy (non-hydrogen) atoms. The molecule has 2 atom stereocenters. The zero-order valence-corrected chi connectivity index (χ0v) is 11.5. The molecule has 0 spiro atoms. The lowest BCUT2D eigenvalue weighted by atomic mass is 10.00. The topological polar surface area (TPSA) is 12.0 Å². The Bertz CT molecular complexity index is 348. The first kappa shape index (κ1) is 16.0. The first-order valence-corrected chi connectivity index (χ1v) is 6.80. The first-order chi connectivity index (χ1) is 8.92. The molecule has 1 rings (SSSR count). The average molecular weight is 273 g/mol. The zero-order valence-electron chi connectivity index (χ0n) is 11.5. The van der Waals surface area contributed by atoms with Crippen LogP contribution in [0.4, 0.5) is 13.2 Å². The molecule has 0 aliphatic rings. The normalized spacial score (nSPS) is 15.2. The summed E-state index contributed by atoms with van der Waals surface area (Å²) in [4.78, 5) is 0. The predicted molar refractivity (Wildman–Crippen MR) is 72.0 cm³/mol. The van der Waals surface area contributed by atoms with Crippen molar-refractivity contribution >= 4 is 0 Å². The third-order valence-electron chi connectivity index (χ3n) is 3.07. The lowest BCUT2D eigenvalue weighted by Crippen LogP contribution is -2.34. The zero-order chi connectivity index (χ0) is 14.3. The van der Waals surface area contributed by atoms with Gasteiger partial charge < -0.3 is 5.32 Å². The van der Waals surface area contributed by atoms with E-state index in [1.807, 2.05) is 30.3 Å². The molecule has 1 N–H and O–H groups in total. The first-order valence-electron chi connectivity index (χ1n) is 6.80. The van der Waals surface area contributed by atoms with Crippen molar-refractivity contribution < 1.29 is 13.2 Å². The van der Waals surface area contributed by atoms with Crippen LogP contribution < -0.4 is 5.32 Å². The summed E-state index contributed by atoms with van der Waals surface area (Å²) in [6.45, 7) is 3.68. The number of benzene rings is 1. The van der Waals surface area contributed by atoms with Gasteiger partial charge in [0.2, 0.25) is 0 Å². The van der Waals surface area contributed by atoms with Crippen molar-refractivity contribution in [3.63, 3.8) is 0 Å². The molecule has 0 fully saturated rings. The Morgan fingerprint density at radius 3 is 2.32 bits per heavy atom. The molecule has 2 unspecified atom stereocenters. The third-order valence-corrected chi connectivity index (χ3v) is 3.07. The Balaban J connectivity index is 2.65. The van der Waals surface area contributed by atoms with E-state index in [0.29, 0.717) is 0 Å². The van der Waals surface area contributed by atoms with E-state index in [1.165, 1.54) is 0 Å². The van der Waals surface area contributed by atoms with Gasteiger partial charge in [-0.2, -0.15) is 13.2 Å². The van der Waals surface area contributed by atoms with Crippen molar-refractivity contribution in [3.05, 3.63) is 35.9 Å². The molecule has 0 radical (unpaired) electrons. The minimum absolute atomic E-state index is 0.00139. The summed E-state index contributed by atoms with van der Waals surface area (Å²) in [5.41, 5.74) is 1.06. The van der Waals surface area contributed by atoms with Crippen LogP contribution in [-0.4, -0.2) is 12.2 Å². The number of hydrogen-bond acceptors (Lipinski definition) is 1. The minimum atomic E-state index is -4.11. The summed E-state index contributed by atoms with van der Waals surface area (Å²) >= 11 is 0. The summed E-state index contributed by atoms with van der Waals surface area (Å²) in [5.74, 6) is 0. The number of unbranched alkanes of at least 4 members (excludes halogenated alkanes) is 1. The Hall–Kier alpha value is -1.03. The molecule has 0 saturated heterocycles. The lowest BCUT2D eigenvalue weighted by molar-refractivity contribution is -0.139. The predicted octanol–water partition coefficient (Wildman–Crippen LogP) is 4.85. The van der Waals surface area contributed by atoms with Crippen LogP contribution in [0.15, 0.2) is 30.3 Å². The number of nitrogens with one attached hydrogen (secondary N) is 1. The largest absolute Gasteiger partial charge is 0.390 e. The van der Waals surface area contributed by atoms with Crippen molar-refractivity contribution in [2.24, 2.45) is 0 Å². The van der Waals surface area contributed by atoms with Gasteiger partial charge in [-0.3, -0.25) is 0 Å². The van der Waals surface area contributed by atoms with Gasteiger partial charge in [0.25, 0.3) is 0 Å². The van der Waals surface area contributed by atoms with Gasteiger partial charge >= 0.3 is 6.18 Å². The molecule has 0 aliphatic carbocycles. The van der Waals surface area contributed by atoms with Crippen LogP contribution in [0.5, 0.6) is 0 Å². The quantitative estimate of drug-likeness (QED) is 0.749. The fourth-order valence-corrected chi connectivity index (χ4v) is 2.19. The molecular weight excluding hydrogens is 251 g/mol. The molecule has 4 heteroatoms. The lowest BCUT2D eigenvalue weighted by Gasteiger charge is -2.24. The fourth-order valence-electron chi connectivity index (χ4n) is 2.19. The fraction of sp³-hybridized carbons (Fsp3) is 0.600. The van der Waals surface area contributed by atoms with E-state index in [1.54, 1.807) is 6.92 Å². The molecule has 0 bridgehead atoms. The summed E-state index contributed by atoms with van der Waals surface area (Å²) in [6.07, 6.45) is -1.99. The number of hydrogen-bond donors (Lipinski definition) is 1. The second-order valence-electron chi connectivity index (χ2n) is 4.99. The number of halogens is 3. The number of alkyl halides is 3. The summed E-state index contributed by atoms with van der Waals surface area (Å²) < 4.78 is 37.1. The standard InChI is InChI=1S/C15H22F3N/c1-3-4-10-14(13-8-6-5-7-9-13)19-12(2)11-15(16,17)18/h5-9,12,14,19H,3-4,10-11H2,1-2H3. The van der Waals surface area contributed by atoms with Crippen LogP contribution in [0.25, 0.3) is 0 Å². The van der Waals surface area contributed by atoms with E-state index >= 15 is 0 Å². The molecule has 0 saturated carbocycles. The van der Waals surface area contributed by atoms with Gasteiger partial charge in [0.15, 0.2) is 0 Å². The summed E-state index contributed by atoms with van der Waals surface area (Å²) in [5, 5.41) is 3.10. The maximum atomic E-state index is 12.4. The molecule has 0 aromatic heterocycles. The molecule has 0 aliphatic heterocycles. The monoisotopic (exact) mass is 273 g/mol. The molecule has 108 valence electrons. The molecule has 0 heterocycles. The van der Waals surface area contributed by atoms with Crippen molar-refractivity contribution in [1.29, 1.82) is 0 Å². The Morgan fingerprint density at radius 2 is 1.79 bits per heavy atom. The van der Waals surface area contributed by atoms with Gasteiger partial charge in [0.05, 0.1) is 6.42 Å². The SMILES string of the molecule is CCCCC(NC(C)CC(F)(F)F)c1ccccc1. The third kappa shape index (κ3) is 6.62. The molecular formula is C15H22F3N. The van der Waals surface area contributed by atoms with Gasteiger partial charge in [-0.05, 0) is 18.9 Å². The molecule has 1 aromatic rings. The highest BCUT2D eigenvalue weighted by Crippen LogP contribution is 2.25. The Kier molecular flexibility index (Phi) is 6.35. The highest BCUT2D eigenvalue weighted by atomic mass is 19.4. The Labute approximate surface area is 113 Å². The van der Waals surface area contributed by atoms with Crippen LogP contribution >= 0.6 is 0 Å². The van der Waals surface area contributed by atoms with E-state index in [4.69, 9.17) is 0 Å². The van der Waals surface area contributed by atoms with E-state index in [9.17, 15) is 13.2 Å².